The lowest BCUT2D eigenvalue weighted by molar-refractivity contribution is 0.0744. The fourth-order valence-electron chi connectivity index (χ4n) is 4.04. The Labute approximate surface area is 210 Å². The van der Waals surface area contributed by atoms with Gasteiger partial charge in [0.2, 0.25) is 0 Å². The van der Waals surface area contributed by atoms with Crippen molar-refractivity contribution in [3.05, 3.63) is 111 Å². The monoisotopic (exact) mass is 486 g/mol. The number of aryl methyl sites for hydroxylation is 1. The summed E-state index contributed by atoms with van der Waals surface area (Å²) >= 11 is 0. The average molecular weight is 487 g/mol. The third-order valence-electron chi connectivity index (χ3n) is 5.97. The van der Waals surface area contributed by atoms with Gasteiger partial charge in [0.15, 0.2) is 0 Å². The second-order valence-corrected chi connectivity index (χ2v) is 9.55. The molecule has 0 saturated heterocycles. The minimum Gasteiger partial charge on any atom is -0.493 e. The molecular weight excluding hydrogens is 455 g/mol. The summed E-state index contributed by atoms with van der Waals surface area (Å²) in [6.45, 7) is 7.21. The van der Waals surface area contributed by atoms with Crippen LogP contribution in [0.15, 0.2) is 77.6 Å². The summed E-state index contributed by atoms with van der Waals surface area (Å²) in [6, 6.07) is 21.1. The van der Waals surface area contributed by atoms with Crippen molar-refractivity contribution < 1.29 is 13.9 Å². The zero-order chi connectivity index (χ0) is 25.7. The second-order valence-electron chi connectivity index (χ2n) is 9.55. The molecular formula is C30H31FN2O3. The predicted molar refractivity (Wildman–Crippen MR) is 141 cm³/mol. The summed E-state index contributed by atoms with van der Waals surface area (Å²) < 4.78 is 19.4. The van der Waals surface area contributed by atoms with Gasteiger partial charge in [-0.1, -0.05) is 37.6 Å². The molecule has 5 nitrogen and oxygen atoms in total. The van der Waals surface area contributed by atoms with E-state index in [-0.39, 0.29) is 23.8 Å². The Morgan fingerprint density at radius 1 is 1.03 bits per heavy atom. The SMILES string of the molecule is Cc1ccc2[nH]c(=O)c(CN(CCc3cccc(F)c3)C(=O)c3ccc(OCC(C)C)cc3)cc2c1. The predicted octanol–water partition coefficient (Wildman–Crippen LogP) is 5.90. The van der Waals surface area contributed by atoms with E-state index in [1.807, 2.05) is 37.3 Å². The van der Waals surface area contributed by atoms with Crippen molar-refractivity contribution in [1.29, 1.82) is 0 Å². The molecule has 36 heavy (non-hydrogen) atoms. The number of pyridine rings is 1. The third kappa shape index (κ3) is 6.39. The number of rotatable bonds is 9. The summed E-state index contributed by atoms with van der Waals surface area (Å²) in [5.74, 6) is 0.579. The molecule has 0 aliphatic heterocycles. The zero-order valence-corrected chi connectivity index (χ0v) is 20.9. The third-order valence-corrected chi connectivity index (χ3v) is 5.97. The fourth-order valence-corrected chi connectivity index (χ4v) is 4.04. The number of nitrogens with zero attached hydrogens (tertiary/aromatic N) is 1. The topological polar surface area (TPSA) is 62.4 Å². The Bertz CT molecular complexity index is 1410. The maximum atomic E-state index is 13.7. The van der Waals surface area contributed by atoms with Crippen molar-refractivity contribution >= 4 is 16.8 Å². The summed E-state index contributed by atoms with van der Waals surface area (Å²) in [4.78, 5) is 30.9. The van der Waals surface area contributed by atoms with Crippen LogP contribution in [0.1, 0.15) is 40.9 Å². The smallest absolute Gasteiger partial charge is 0.254 e. The van der Waals surface area contributed by atoms with Crippen molar-refractivity contribution in [2.45, 2.75) is 33.7 Å². The molecule has 0 saturated carbocycles. The van der Waals surface area contributed by atoms with Crippen LogP contribution >= 0.6 is 0 Å². The Morgan fingerprint density at radius 3 is 2.53 bits per heavy atom. The molecule has 1 N–H and O–H groups in total. The number of aromatic nitrogens is 1. The Hall–Kier alpha value is -3.93. The van der Waals surface area contributed by atoms with E-state index in [0.717, 1.165) is 22.0 Å². The molecule has 0 spiro atoms. The summed E-state index contributed by atoms with van der Waals surface area (Å²) in [7, 11) is 0. The van der Waals surface area contributed by atoms with Gasteiger partial charge in [0.1, 0.15) is 11.6 Å². The molecule has 1 amide bonds. The van der Waals surface area contributed by atoms with Gasteiger partial charge in [-0.15, -0.1) is 0 Å². The van der Waals surface area contributed by atoms with Crippen LogP contribution < -0.4 is 10.3 Å². The lowest BCUT2D eigenvalue weighted by atomic mass is 10.1. The number of nitrogens with one attached hydrogen (secondary N) is 1. The van der Waals surface area contributed by atoms with Crippen molar-refractivity contribution in [2.24, 2.45) is 5.92 Å². The van der Waals surface area contributed by atoms with E-state index in [4.69, 9.17) is 4.74 Å². The van der Waals surface area contributed by atoms with Crippen LogP contribution in [0.4, 0.5) is 4.39 Å². The van der Waals surface area contributed by atoms with Crippen LogP contribution in [0.3, 0.4) is 0 Å². The van der Waals surface area contributed by atoms with Crippen molar-refractivity contribution in [3.8, 4) is 5.75 Å². The number of aromatic amines is 1. The number of hydrogen-bond acceptors (Lipinski definition) is 3. The zero-order valence-electron chi connectivity index (χ0n) is 20.9. The highest BCUT2D eigenvalue weighted by molar-refractivity contribution is 5.94. The average Bonchev–Trinajstić information content (AvgIpc) is 2.85. The molecule has 0 radical (unpaired) electrons. The van der Waals surface area contributed by atoms with E-state index in [1.54, 1.807) is 35.2 Å². The number of H-pyrrole nitrogens is 1. The molecule has 3 aromatic carbocycles. The first-order chi connectivity index (χ1) is 17.3. The number of hydrogen-bond donors (Lipinski definition) is 1. The second kappa shape index (κ2) is 11.2. The van der Waals surface area contributed by atoms with Crippen molar-refractivity contribution in [2.75, 3.05) is 13.2 Å². The van der Waals surface area contributed by atoms with Gasteiger partial charge >= 0.3 is 0 Å². The van der Waals surface area contributed by atoms with Gasteiger partial charge < -0.3 is 14.6 Å². The fraction of sp³-hybridized carbons (Fsp3) is 0.267. The number of fused-ring (bicyclic) bond motifs is 1. The van der Waals surface area contributed by atoms with Gasteiger partial charge in [-0.2, -0.15) is 0 Å². The number of carbonyl (C=O) groups excluding carboxylic acids is 1. The molecule has 1 aromatic heterocycles. The molecule has 0 fully saturated rings. The summed E-state index contributed by atoms with van der Waals surface area (Å²) in [6.07, 6.45) is 0.462. The number of benzene rings is 3. The minimum atomic E-state index is -0.316. The number of ether oxygens (including phenoxy) is 1. The highest BCUT2D eigenvalue weighted by atomic mass is 19.1. The van der Waals surface area contributed by atoms with E-state index < -0.39 is 0 Å². The lowest BCUT2D eigenvalue weighted by Crippen LogP contribution is -2.34. The largest absolute Gasteiger partial charge is 0.493 e. The van der Waals surface area contributed by atoms with Crippen molar-refractivity contribution in [1.82, 2.24) is 9.88 Å². The van der Waals surface area contributed by atoms with Gasteiger partial charge in [-0.05, 0) is 84.8 Å². The molecule has 6 heteroatoms. The van der Waals surface area contributed by atoms with Gasteiger partial charge in [-0.25, -0.2) is 4.39 Å². The van der Waals surface area contributed by atoms with E-state index >= 15 is 0 Å². The Morgan fingerprint density at radius 2 is 1.81 bits per heavy atom. The maximum absolute atomic E-state index is 13.7. The first kappa shape index (κ1) is 25.2. The van der Waals surface area contributed by atoms with Gasteiger partial charge in [0.25, 0.3) is 11.5 Å². The van der Waals surface area contributed by atoms with E-state index in [1.165, 1.54) is 12.1 Å². The minimum absolute atomic E-state index is 0.138. The van der Waals surface area contributed by atoms with Gasteiger partial charge in [0.05, 0.1) is 13.2 Å². The van der Waals surface area contributed by atoms with E-state index in [2.05, 4.69) is 18.8 Å². The normalized spacial score (nSPS) is 11.1. The number of halogens is 1. The molecule has 4 rings (SSSR count). The van der Waals surface area contributed by atoms with Gasteiger partial charge in [-0.3, -0.25) is 9.59 Å². The van der Waals surface area contributed by atoms with Crippen LogP contribution in [-0.2, 0) is 13.0 Å². The summed E-state index contributed by atoms with van der Waals surface area (Å²) in [5, 5.41) is 0.911. The van der Waals surface area contributed by atoms with Crippen LogP contribution in [0.2, 0.25) is 0 Å². The van der Waals surface area contributed by atoms with Crippen LogP contribution in [0.5, 0.6) is 5.75 Å². The Kier molecular flexibility index (Phi) is 7.84. The maximum Gasteiger partial charge on any atom is 0.254 e. The van der Waals surface area contributed by atoms with Gasteiger partial charge in [0, 0.05) is 23.2 Å². The first-order valence-corrected chi connectivity index (χ1v) is 12.2. The number of amides is 1. The molecule has 186 valence electrons. The molecule has 0 aliphatic carbocycles. The molecule has 1 heterocycles. The van der Waals surface area contributed by atoms with Crippen LogP contribution in [0, 0.1) is 18.7 Å². The number of carbonyl (C=O) groups is 1. The molecule has 0 aliphatic rings. The van der Waals surface area contributed by atoms with E-state index in [9.17, 15) is 14.0 Å². The molecule has 0 unspecified atom stereocenters. The molecule has 0 atom stereocenters. The quantitative estimate of drug-likeness (QED) is 0.321. The molecule has 0 bridgehead atoms. The van der Waals surface area contributed by atoms with Crippen LogP contribution in [-0.4, -0.2) is 28.9 Å². The highest BCUT2D eigenvalue weighted by Gasteiger charge is 2.18. The first-order valence-electron chi connectivity index (χ1n) is 12.2. The van der Waals surface area contributed by atoms with Crippen molar-refractivity contribution in [3.63, 3.8) is 0 Å². The molecule has 4 aromatic rings. The van der Waals surface area contributed by atoms with Crippen LogP contribution in [0.25, 0.3) is 10.9 Å². The lowest BCUT2D eigenvalue weighted by Gasteiger charge is -2.23. The van der Waals surface area contributed by atoms with E-state index in [0.29, 0.717) is 42.4 Å². The highest BCUT2D eigenvalue weighted by Crippen LogP contribution is 2.18. The standard InChI is InChI=1S/C30H31FN2O3/c1-20(2)19-36-27-10-8-23(9-11-27)30(35)33(14-13-22-5-4-6-26(31)16-22)18-25-17-24-15-21(3)7-12-28(24)32-29(25)34/h4-12,15-17,20H,13-14,18-19H2,1-3H3,(H,32,34). The summed E-state index contributed by atoms with van der Waals surface area (Å²) in [5.41, 5.74) is 3.39. The Balaban J connectivity index is 1.60.